The van der Waals surface area contributed by atoms with E-state index in [1.165, 1.54) is 10.00 Å². The van der Waals surface area contributed by atoms with E-state index in [9.17, 15) is 0 Å². The molecule has 1 aromatic rings. The van der Waals surface area contributed by atoms with Gasteiger partial charge in [-0.05, 0) is 0 Å². The van der Waals surface area contributed by atoms with Gasteiger partial charge in [0.1, 0.15) is 0 Å². The number of ether oxygens (including phenoxy) is 2. The van der Waals surface area contributed by atoms with Crippen LogP contribution in [-0.2, 0) is 9.47 Å². The normalized spacial score (nSPS) is 12.4. The fourth-order valence-corrected chi connectivity index (χ4v) is 3.40. The van der Waals surface area contributed by atoms with Gasteiger partial charge in [0.15, 0.2) is 0 Å². The van der Waals surface area contributed by atoms with Crippen LogP contribution in [0.3, 0.4) is 0 Å². The molecule has 0 saturated heterocycles. The van der Waals surface area contributed by atoms with Crippen LogP contribution >= 0.6 is 11.6 Å². The van der Waals surface area contributed by atoms with Crippen LogP contribution in [0.5, 0.6) is 0 Å². The first-order chi connectivity index (χ1) is 8.81. The van der Waals surface area contributed by atoms with Crippen LogP contribution in [0.4, 0.5) is 0 Å². The monoisotopic (exact) mass is 332 g/mol. The zero-order chi connectivity index (χ0) is 13.2. The van der Waals surface area contributed by atoms with E-state index in [1.54, 1.807) is 6.26 Å². The number of halogens is 1. The first kappa shape index (κ1) is 15.2. The van der Waals surface area contributed by atoms with E-state index in [2.05, 4.69) is 12.1 Å². The van der Waals surface area contributed by atoms with Crippen molar-refractivity contribution < 1.29 is 9.47 Å². The second-order valence-corrected chi connectivity index (χ2v) is 5.82. The van der Waals surface area contributed by atoms with E-state index >= 15 is 0 Å². The summed E-state index contributed by atoms with van der Waals surface area (Å²) in [6, 6.07) is 10.3. The SMILES string of the molecule is CCO/C=C([Se]c1ccccc1)\C(=C/Cl)OCC. The molecule has 0 aliphatic heterocycles. The van der Waals surface area contributed by atoms with Crippen molar-refractivity contribution in [2.75, 3.05) is 13.2 Å². The molecule has 98 valence electrons. The molecule has 4 heteroatoms. The molecular weight excluding hydrogens is 315 g/mol. The summed E-state index contributed by atoms with van der Waals surface area (Å²) in [5.74, 6) is 0.691. The van der Waals surface area contributed by atoms with E-state index < -0.39 is 0 Å². The molecule has 0 fully saturated rings. The molecule has 0 aliphatic rings. The summed E-state index contributed by atoms with van der Waals surface area (Å²) >= 11 is 5.93. The Labute approximate surface area is 120 Å². The third kappa shape index (κ3) is 5.17. The van der Waals surface area contributed by atoms with E-state index in [4.69, 9.17) is 21.1 Å². The van der Waals surface area contributed by atoms with Gasteiger partial charge in [0.25, 0.3) is 0 Å². The van der Waals surface area contributed by atoms with Crippen molar-refractivity contribution in [2.45, 2.75) is 13.8 Å². The minimum absolute atomic E-state index is 0.117. The van der Waals surface area contributed by atoms with Gasteiger partial charge in [-0.2, -0.15) is 0 Å². The van der Waals surface area contributed by atoms with Crippen LogP contribution in [0.1, 0.15) is 13.8 Å². The molecule has 1 rings (SSSR count). The molecule has 0 unspecified atom stereocenters. The predicted molar refractivity (Wildman–Crippen MR) is 77.1 cm³/mol. The Bertz CT molecular complexity index is 402. The van der Waals surface area contributed by atoms with Crippen LogP contribution in [0, 0.1) is 0 Å². The summed E-state index contributed by atoms with van der Waals surface area (Å²) < 4.78 is 13.2. The van der Waals surface area contributed by atoms with Crippen LogP contribution < -0.4 is 4.46 Å². The Kier molecular flexibility index (Phi) is 7.66. The predicted octanol–water partition coefficient (Wildman–Crippen LogP) is 3.01. The van der Waals surface area contributed by atoms with Gasteiger partial charge in [-0.1, -0.05) is 0 Å². The molecule has 0 aliphatic carbocycles. The number of benzene rings is 1. The maximum absolute atomic E-state index is 5.81. The first-order valence-corrected chi connectivity index (χ1v) is 7.95. The van der Waals surface area contributed by atoms with Crippen molar-refractivity contribution in [2.24, 2.45) is 0 Å². The zero-order valence-corrected chi connectivity index (χ0v) is 13.0. The van der Waals surface area contributed by atoms with Gasteiger partial charge < -0.3 is 0 Å². The van der Waals surface area contributed by atoms with Gasteiger partial charge in [-0.25, -0.2) is 0 Å². The van der Waals surface area contributed by atoms with Crippen LogP contribution in [0.25, 0.3) is 0 Å². The second-order valence-electron chi connectivity index (χ2n) is 3.26. The molecule has 0 bridgehead atoms. The quantitative estimate of drug-likeness (QED) is 0.434. The summed E-state index contributed by atoms with van der Waals surface area (Å²) in [6.07, 6.45) is 1.75. The fraction of sp³-hybridized carbons (Fsp3) is 0.286. The van der Waals surface area contributed by atoms with Gasteiger partial charge >= 0.3 is 120 Å². The molecule has 0 atom stereocenters. The molecule has 0 radical (unpaired) electrons. The van der Waals surface area contributed by atoms with E-state index in [1.807, 2.05) is 32.0 Å². The third-order valence-electron chi connectivity index (χ3n) is 1.97. The Hall–Kier alpha value is -0.891. The van der Waals surface area contributed by atoms with E-state index in [0.29, 0.717) is 19.0 Å². The van der Waals surface area contributed by atoms with Crippen LogP contribution in [0.15, 0.2) is 52.4 Å². The van der Waals surface area contributed by atoms with E-state index in [0.717, 1.165) is 4.47 Å². The van der Waals surface area contributed by atoms with Gasteiger partial charge in [0, 0.05) is 0 Å². The van der Waals surface area contributed by atoms with Gasteiger partial charge in [-0.3, -0.25) is 0 Å². The number of rotatable bonds is 7. The molecule has 1 aromatic carbocycles. The Morgan fingerprint density at radius 1 is 1.22 bits per heavy atom. The molecule has 0 spiro atoms. The van der Waals surface area contributed by atoms with Crippen molar-refractivity contribution in [3.05, 3.63) is 52.4 Å². The van der Waals surface area contributed by atoms with Gasteiger partial charge in [-0.15, -0.1) is 0 Å². The number of hydrogen-bond donors (Lipinski definition) is 0. The summed E-state index contributed by atoms with van der Waals surface area (Å²) in [7, 11) is 0. The Balaban J connectivity index is 2.85. The molecule has 2 nitrogen and oxygen atoms in total. The van der Waals surface area contributed by atoms with Crippen molar-refractivity contribution >= 4 is 31.0 Å². The maximum atomic E-state index is 5.81. The molecule has 0 N–H and O–H groups in total. The van der Waals surface area contributed by atoms with E-state index in [-0.39, 0.29) is 15.0 Å². The van der Waals surface area contributed by atoms with Crippen LogP contribution in [0.2, 0.25) is 0 Å². The zero-order valence-electron chi connectivity index (χ0n) is 10.6. The van der Waals surface area contributed by atoms with Crippen molar-refractivity contribution in [3.63, 3.8) is 0 Å². The molecule has 0 amide bonds. The van der Waals surface area contributed by atoms with Gasteiger partial charge in [0.05, 0.1) is 0 Å². The molecular formula is C14H17ClO2Se. The Morgan fingerprint density at radius 2 is 1.94 bits per heavy atom. The fourth-order valence-electron chi connectivity index (χ4n) is 1.22. The second kappa shape index (κ2) is 9.09. The molecule has 0 aromatic heterocycles. The summed E-state index contributed by atoms with van der Waals surface area (Å²) in [4.78, 5) is 0. The first-order valence-electron chi connectivity index (χ1n) is 5.80. The average Bonchev–Trinajstić information content (AvgIpc) is 2.42. The number of hydrogen-bond acceptors (Lipinski definition) is 2. The summed E-state index contributed by atoms with van der Waals surface area (Å²) in [5.41, 5.74) is 1.47. The average molecular weight is 332 g/mol. The summed E-state index contributed by atoms with van der Waals surface area (Å²) in [6.45, 7) is 5.12. The summed E-state index contributed by atoms with van der Waals surface area (Å²) in [5, 5.41) is 0. The molecule has 0 saturated carbocycles. The molecule has 0 heterocycles. The van der Waals surface area contributed by atoms with Crippen molar-refractivity contribution in [1.82, 2.24) is 0 Å². The van der Waals surface area contributed by atoms with Gasteiger partial charge in [0.2, 0.25) is 0 Å². The van der Waals surface area contributed by atoms with Crippen LogP contribution in [-0.4, -0.2) is 28.2 Å². The number of allylic oxidation sites excluding steroid dienone is 1. The van der Waals surface area contributed by atoms with Crippen molar-refractivity contribution in [3.8, 4) is 0 Å². The standard InChI is InChI=1S/C14H17ClO2Se/c1-3-16-11-14(13(10-15)17-4-2)18-12-8-6-5-7-9-12/h5-11H,3-4H2,1-2H3/b13-10+,14-11+. The molecule has 18 heavy (non-hydrogen) atoms. The minimum atomic E-state index is 0.117. The third-order valence-corrected chi connectivity index (χ3v) is 4.32. The topological polar surface area (TPSA) is 18.5 Å². The van der Waals surface area contributed by atoms with Crippen molar-refractivity contribution in [1.29, 1.82) is 0 Å². The Morgan fingerprint density at radius 3 is 2.50 bits per heavy atom.